The Bertz CT molecular complexity index is 2500. The van der Waals surface area contributed by atoms with E-state index < -0.39 is 71.6 Å². The highest BCUT2D eigenvalue weighted by Gasteiger charge is 2.34. The number of nitrogens with one attached hydrogen (secondary N) is 6. The van der Waals surface area contributed by atoms with Gasteiger partial charge in [-0.15, -0.1) is 0 Å². The number of hydrogen-bond donors (Lipinski definition) is 7. The van der Waals surface area contributed by atoms with Crippen LogP contribution in [0.25, 0.3) is 0 Å². The van der Waals surface area contributed by atoms with Gasteiger partial charge in [-0.2, -0.15) is 0 Å². The van der Waals surface area contributed by atoms with E-state index in [1.165, 1.54) is 6.07 Å². The van der Waals surface area contributed by atoms with Gasteiger partial charge in [0.1, 0.15) is 30.2 Å². The van der Waals surface area contributed by atoms with Gasteiger partial charge in [-0.25, -0.2) is 4.79 Å². The van der Waals surface area contributed by atoms with Crippen LogP contribution in [-0.4, -0.2) is 76.7 Å². The molecule has 2 aliphatic heterocycles. The molecule has 14 nitrogen and oxygen atoms in total. The smallest absolute Gasteiger partial charge is 0.326 e. The van der Waals surface area contributed by atoms with Crippen LogP contribution in [0.2, 0.25) is 10.0 Å². The number of aliphatic carboxylic acids is 1. The van der Waals surface area contributed by atoms with Crippen LogP contribution in [0.4, 0.5) is 5.69 Å². The zero-order valence-corrected chi connectivity index (χ0v) is 37.3. The second kappa shape index (κ2) is 23.8. The summed E-state index contributed by atoms with van der Waals surface area (Å²) in [5.74, 6) is -5.40. The molecule has 2 bridgehead atoms. The zero-order chi connectivity index (χ0) is 47.0. The minimum Gasteiger partial charge on any atom is -0.480 e. The Labute approximate surface area is 392 Å². The summed E-state index contributed by atoms with van der Waals surface area (Å²) in [5.41, 5.74) is 3.59. The fourth-order valence-electron chi connectivity index (χ4n) is 7.43. The molecule has 0 radical (unpaired) electrons. The molecule has 5 aromatic carbocycles. The van der Waals surface area contributed by atoms with Gasteiger partial charge in [-0.1, -0.05) is 132 Å². The van der Waals surface area contributed by atoms with Crippen molar-refractivity contribution in [1.82, 2.24) is 26.6 Å². The fraction of sp³-hybridized carbons (Fsp3) is 0.260. The average molecular weight is 934 g/mol. The normalized spacial score (nSPS) is 19.2. The third kappa shape index (κ3) is 14.8. The van der Waals surface area contributed by atoms with Gasteiger partial charge < -0.3 is 37.0 Å². The molecule has 342 valence electrons. The van der Waals surface area contributed by atoms with Gasteiger partial charge in [0.25, 0.3) is 0 Å². The molecule has 0 aromatic heterocycles. The SMILES string of the molecule is O=C1CCC(=O)N[C@H](CCc2ccccc2)C(=O)N[C@@H](Cc2ccc(Cl)cc2Cl)C(=O)N[C@H](Cc2ccccc2)C(=O)N[C@@H](C(=O)N[C@@H](Cc2ccccc2)C(=O)O)Cc2ccc(cc2)N1. The van der Waals surface area contributed by atoms with Gasteiger partial charge in [0.2, 0.25) is 35.4 Å². The minimum atomic E-state index is -1.37. The lowest BCUT2D eigenvalue weighted by Crippen LogP contribution is -2.60. The molecule has 7 N–H and O–H groups in total. The van der Waals surface area contributed by atoms with Crippen molar-refractivity contribution in [2.75, 3.05) is 5.32 Å². The molecule has 0 fully saturated rings. The first-order valence-electron chi connectivity index (χ1n) is 21.5. The standard InChI is InChI=1S/C50H50Cl2N6O8/c51-36-20-19-35(38(52)30-36)29-42-49(64)56-40(26-32-12-6-2-7-13-32)47(62)55-41(48(63)58-43(50(65)66)28-33-14-8-3-9-15-33)27-34-16-21-37(22-17-34)53-44(59)24-25-45(60)54-39(46(61)57-42)23-18-31-10-4-1-5-11-31/h1-17,19-22,30,39-43H,18,23-29H2,(H,53,59)(H,54,60)(H,55,62)(H,56,64)(H,57,61)(H,58,63)(H,65,66)/t39-,40-,41-,42+,43+/m1/s1. The van der Waals surface area contributed by atoms with E-state index >= 15 is 0 Å². The number of aryl methyl sites for hydroxylation is 1. The van der Waals surface area contributed by atoms with Crippen molar-refractivity contribution >= 4 is 70.3 Å². The maximum absolute atomic E-state index is 14.6. The van der Waals surface area contributed by atoms with Crippen molar-refractivity contribution in [3.8, 4) is 0 Å². The summed E-state index contributed by atoms with van der Waals surface area (Å²) < 4.78 is 0. The monoisotopic (exact) mass is 932 g/mol. The largest absolute Gasteiger partial charge is 0.480 e. The van der Waals surface area contributed by atoms with Crippen molar-refractivity contribution < 1.29 is 38.7 Å². The number of carboxylic acid groups (broad SMARTS) is 1. The molecule has 5 atom stereocenters. The maximum Gasteiger partial charge on any atom is 0.326 e. The predicted octanol–water partition coefficient (Wildman–Crippen LogP) is 5.14. The fourth-order valence-corrected chi connectivity index (χ4v) is 7.91. The first-order chi connectivity index (χ1) is 31.8. The number of anilines is 1. The van der Waals surface area contributed by atoms with E-state index in [4.69, 9.17) is 23.2 Å². The van der Waals surface area contributed by atoms with Crippen molar-refractivity contribution in [2.24, 2.45) is 0 Å². The molecule has 2 heterocycles. The summed E-state index contributed by atoms with van der Waals surface area (Å²) in [4.78, 5) is 96.6. The molecule has 0 saturated carbocycles. The number of fused-ring (bicyclic) bond motifs is 18. The quantitative estimate of drug-likeness (QED) is 0.0832. The van der Waals surface area contributed by atoms with Crippen molar-refractivity contribution in [3.05, 3.63) is 171 Å². The van der Waals surface area contributed by atoms with Crippen molar-refractivity contribution in [2.45, 2.75) is 81.6 Å². The highest BCUT2D eigenvalue weighted by atomic mass is 35.5. The number of benzene rings is 5. The number of halogens is 2. The highest BCUT2D eigenvalue weighted by Crippen LogP contribution is 2.23. The number of carboxylic acids is 1. The van der Waals surface area contributed by atoms with E-state index in [9.17, 15) is 38.7 Å². The molecule has 6 amide bonds. The lowest BCUT2D eigenvalue weighted by Gasteiger charge is -2.27. The second-order valence-electron chi connectivity index (χ2n) is 16.0. The van der Waals surface area contributed by atoms with E-state index in [0.29, 0.717) is 39.4 Å². The van der Waals surface area contributed by atoms with Crippen LogP contribution in [0.5, 0.6) is 0 Å². The molecular weight excluding hydrogens is 883 g/mol. The third-order valence-corrected chi connectivity index (χ3v) is 11.6. The van der Waals surface area contributed by atoms with Crippen LogP contribution in [0.1, 0.15) is 47.1 Å². The minimum absolute atomic E-state index is 0.0390. The Morgan fingerprint density at radius 2 is 1.18 bits per heavy atom. The number of rotatable bonds is 12. The van der Waals surface area contributed by atoms with E-state index in [0.717, 1.165) is 5.56 Å². The van der Waals surface area contributed by atoms with Gasteiger partial charge in [-0.05, 0) is 64.9 Å². The lowest BCUT2D eigenvalue weighted by atomic mass is 10.00. The zero-order valence-electron chi connectivity index (χ0n) is 35.8. The van der Waals surface area contributed by atoms with Crippen LogP contribution in [0, 0.1) is 0 Å². The average Bonchev–Trinajstić information content (AvgIpc) is 3.30. The molecular formula is C50H50Cl2N6O8. The number of amides is 6. The number of carbonyl (C=O) groups is 7. The van der Waals surface area contributed by atoms with Crippen LogP contribution < -0.4 is 31.9 Å². The first kappa shape index (κ1) is 48.4. The molecule has 0 saturated heterocycles. The van der Waals surface area contributed by atoms with Crippen LogP contribution in [0.15, 0.2) is 133 Å². The summed E-state index contributed by atoms with van der Waals surface area (Å²) in [5, 5.41) is 27.2. The van der Waals surface area contributed by atoms with Crippen LogP contribution in [-0.2, 0) is 65.7 Å². The van der Waals surface area contributed by atoms with Gasteiger partial charge in [-0.3, -0.25) is 28.8 Å². The summed E-state index contributed by atoms with van der Waals surface area (Å²) in [6.07, 6.45) is -0.328. The summed E-state index contributed by atoms with van der Waals surface area (Å²) in [6, 6.07) is 31.5. The molecule has 7 rings (SSSR count). The molecule has 0 spiro atoms. The van der Waals surface area contributed by atoms with Gasteiger partial charge >= 0.3 is 5.97 Å². The maximum atomic E-state index is 14.6. The van der Waals surface area contributed by atoms with Crippen molar-refractivity contribution in [3.63, 3.8) is 0 Å². The second-order valence-corrected chi connectivity index (χ2v) is 16.8. The predicted molar refractivity (Wildman–Crippen MR) is 251 cm³/mol. The topological polar surface area (TPSA) is 212 Å². The van der Waals surface area contributed by atoms with E-state index in [1.807, 2.05) is 30.3 Å². The van der Waals surface area contributed by atoms with Crippen LogP contribution >= 0.6 is 23.2 Å². The highest BCUT2D eigenvalue weighted by molar-refractivity contribution is 6.35. The number of carbonyl (C=O) groups excluding carboxylic acids is 6. The van der Waals surface area contributed by atoms with Gasteiger partial charge in [0.05, 0.1) is 0 Å². The molecule has 2 aliphatic rings. The van der Waals surface area contributed by atoms with E-state index in [-0.39, 0.29) is 50.0 Å². The molecule has 66 heavy (non-hydrogen) atoms. The Hall–Kier alpha value is -7.03. The molecule has 16 heteroatoms. The molecule has 5 aromatic rings. The Morgan fingerprint density at radius 1 is 0.621 bits per heavy atom. The van der Waals surface area contributed by atoms with Crippen molar-refractivity contribution in [1.29, 1.82) is 0 Å². The number of hydrogen-bond acceptors (Lipinski definition) is 7. The summed E-state index contributed by atoms with van der Waals surface area (Å²) in [7, 11) is 0. The lowest BCUT2D eigenvalue weighted by molar-refractivity contribution is -0.142. The first-order valence-corrected chi connectivity index (χ1v) is 22.2. The molecule has 0 aliphatic carbocycles. The van der Waals surface area contributed by atoms with E-state index in [1.54, 1.807) is 97.1 Å². The summed E-state index contributed by atoms with van der Waals surface area (Å²) >= 11 is 12.8. The third-order valence-electron chi connectivity index (χ3n) is 11.0. The molecule has 0 unspecified atom stereocenters. The summed E-state index contributed by atoms with van der Waals surface area (Å²) in [6.45, 7) is 0. The van der Waals surface area contributed by atoms with Gasteiger partial charge in [0, 0.05) is 54.3 Å². The Morgan fingerprint density at radius 3 is 1.80 bits per heavy atom. The van der Waals surface area contributed by atoms with E-state index in [2.05, 4.69) is 31.9 Å². The van der Waals surface area contributed by atoms with Crippen LogP contribution in [0.3, 0.4) is 0 Å². The Balaban J connectivity index is 1.36. The van der Waals surface area contributed by atoms with Gasteiger partial charge in [0.15, 0.2) is 0 Å². The Kier molecular flexibility index (Phi) is 17.4.